The largest absolute Gasteiger partial charge is 0.545 e. The summed E-state index contributed by atoms with van der Waals surface area (Å²) in [7, 11) is -4.90. The molecule has 1 aliphatic heterocycles. The molecule has 22 heavy (non-hydrogen) atoms. The molecule has 2 rings (SSSR count). The van der Waals surface area contributed by atoms with Crippen molar-refractivity contribution in [3.05, 3.63) is 30.0 Å². The Labute approximate surface area is 130 Å². The molecular formula is C11H14NO9P. The number of hydrogen-bond acceptors (Lipinski definition) is 7. The van der Waals surface area contributed by atoms with Gasteiger partial charge in [0.2, 0.25) is 0 Å². The van der Waals surface area contributed by atoms with Crippen LogP contribution in [0.2, 0.25) is 0 Å². The van der Waals surface area contributed by atoms with Crippen LogP contribution in [0.1, 0.15) is 22.1 Å². The lowest BCUT2D eigenvalue weighted by Gasteiger charge is -2.13. The Morgan fingerprint density at radius 1 is 1.50 bits per heavy atom. The van der Waals surface area contributed by atoms with Crippen molar-refractivity contribution in [1.82, 2.24) is 0 Å². The first-order valence-electron chi connectivity index (χ1n) is 7.81. The summed E-state index contributed by atoms with van der Waals surface area (Å²) in [6, 6.07) is -1.83. The van der Waals surface area contributed by atoms with Gasteiger partial charge >= 0.3 is 7.82 Å². The molecule has 1 aromatic rings. The number of aromatic carboxylic acids is 1. The zero-order chi connectivity index (χ0) is 20.0. The van der Waals surface area contributed by atoms with Crippen LogP contribution in [-0.4, -0.2) is 50.9 Å². The molecule has 2 heterocycles. The van der Waals surface area contributed by atoms with Crippen molar-refractivity contribution >= 4 is 13.8 Å². The van der Waals surface area contributed by atoms with Crippen LogP contribution in [0.4, 0.5) is 0 Å². The van der Waals surface area contributed by atoms with Gasteiger partial charge in [0.05, 0.1) is 20.9 Å². The molecule has 0 amide bonds. The maximum Gasteiger partial charge on any atom is 0.469 e. The monoisotopic (exact) mass is 339 g/mol. The van der Waals surface area contributed by atoms with Crippen LogP contribution in [0.5, 0.6) is 0 Å². The number of carboxylic acid groups (broad SMARTS) is 1. The molecule has 0 spiro atoms. The van der Waals surface area contributed by atoms with Gasteiger partial charge in [0.1, 0.15) is 14.9 Å². The van der Waals surface area contributed by atoms with E-state index in [1.165, 1.54) is 0 Å². The summed E-state index contributed by atoms with van der Waals surface area (Å²) in [4.78, 5) is 28.5. The lowest BCUT2D eigenvalue weighted by Crippen LogP contribution is -2.46. The highest BCUT2D eigenvalue weighted by molar-refractivity contribution is 7.46. The standard InChI is InChI=1S/C11H14NO9P/c13-8-7(5-20-22(17,18)19)21-10(9(8)14)12-3-1-2-6(4-12)11(15)16/h1-4,7-10,13-14H,5H2,(H2-,15,16,17,18,19)/t7-,8-,9-,10-/m1/s1/i1D,2D,3D,4D. The van der Waals surface area contributed by atoms with Gasteiger partial charge in [-0.25, -0.2) is 4.57 Å². The molecule has 0 aromatic carbocycles. The molecule has 4 N–H and O–H groups in total. The number of carbonyl (C=O) groups excluding carboxylic acids is 1. The predicted molar refractivity (Wildman–Crippen MR) is 64.9 cm³/mol. The van der Waals surface area contributed by atoms with Crippen LogP contribution < -0.4 is 9.67 Å². The SMILES string of the molecule is [2H]c1c([2H])c([2H])[n+]([C@@H]2O[C@H](COP(=O)(O)O)[C@@H](O)[C@H]2O)c([2H])c1C(=O)[O-]. The summed E-state index contributed by atoms with van der Waals surface area (Å²) in [5.74, 6) is -1.96. The summed E-state index contributed by atoms with van der Waals surface area (Å²) in [5.41, 5.74) is -1.02. The van der Waals surface area contributed by atoms with E-state index in [1.54, 1.807) is 0 Å². The number of aromatic nitrogens is 1. The van der Waals surface area contributed by atoms with Crippen molar-refractivity contribution in [2.45, 2.75) is 24.5 Å². The maximum absolute atomic E-state index is 11.1. The number of phosphoric ester groups is 1. The number of aliphatic hydroxyl groups is 2. The zero-order valence-corrected chi connectivity index (χ0v) is 11.6. The number of carbonyl (C=O) groups is 1. The highest BCUT2D eigenvalue weighted by Gasteiger charge is 2.48. The highest BCUT2D eigenvalue weighted by atomic mass is 31.2. The molecule has 0 aliphatic carbocycles. The first kappa shape index (κ1) is 12.1. The number of pyridine rings is 1. The molecule has 0 bridgehead atoms. The average Bonchev–Trinajstić information content (AvgIpc) is 2.78. The average molecular weight is 339 g/mol. The van der Waals surface area contributed by atoms with Gasteiger partial charge < -0.3 is 34.6 Å². The lowest BCUT2D eigenvalue weighted by atomic mass is 10.1. The molecule has 122 valence electrons. The van der Waals surface area contributed by atoms with Crippen LogP contribution in [0.3, 0.4) is 0 Å². The number of carboxylic acids is 1. The quantitative estimate of drug-likeness (QED) is 0.325. The molecular weight excluding hydrogens is 321 g/mol. The molecule has 10 nitrogen and oxygen atoms in total. The molecule has 4 atom stereocenters. The summed E-state index contributed by atoms with van der Waals surface area (Å²) in [5, 5.41) is 31.1. The number of aliphatic hydroxyl groups excluding tert-OH is 2. The van der Waals surface area contributed by atoms with E-state index in [0.29, 0.717) is 4.57 Å². The fourth-order valence-corrected chi connectivity index (χ4v) is 2.14. The lowest BCUT2D eigenvalue weighted by molar-refractivity contribution is -0.765. The van der Waals surface area contributed by atoms with Crippen molar-refractivity contribution in [2.24, 2.45) is 0 Å². The minimum Gasteiger partial charge on any atom is -0.545 e. The summed E-state index contributed by atoms with van der Waals surface area (Å²) in [6.07, 6.45) is -8.65. The van der Waals surface area contributed by atoms with Crippen LogP contribution in [0, 0.1) is 0 Å². The predicted octanol–water partition coefficient (Wildman–Crippen LogP) is -2.93. The first-order chi connectivity index (χ1) is 11.9. The van der Waals surface area contributed by atoms with Gasteiger partial charge in [-0.05, 0) is 6.04 Å². The molecule has 1 fully saturated rings. The van der Waals surface area contributed by atoms with Crippen molar-refractivity contribution < 1.29 is 53.8 Å². The Hall–Kier alpha value is -1.39. The minimum absolute atomic E-state index is 0.455. The third-order valence-electron chi connectivity index (χ3n) is 2.80. The van der Waals surface area contributed by atoms with Gasteiger partial charge in [0, 0.05) is 6.04 Å². The highest BCUT2D eigenvalue weighted by Crippen LogP contribution is 2.37. The van der Waals surface area contributed by atoms with E-state index in [2.05, 4.69) is 4.52 Å². The van der Waals surface area contributed by atoms with Crippen molar-refractivity contribution in [3.63, 3.8) is 0 Å². The Morgan fingerprint density at radius 3 is 2.77 bits per heavy atom. The smallest absolute Gasteiger partial charge is 0.469 e. The van der Waals surface area contributed by atoms with Crippen molar-refractivity contribution in [3.8, 4) is 0 Å². The minimum atomic E-state index is -4.90. The van der Waals surface area contributed by atoms with Gasteiger partial charge in [-0.1, -0.05) is 0 Å². The van der Waals surface area contributed by atoms with Gasteiger partial charge in [-0.3, -0.25) is 4.52 Å². The maximum atomic E-state index is 11.1. The van der Waals surface area contributed by atoms with Crippen LogP contribution in [-0.2, 0) is 13.8 Å². The molecule has 1 saturated heterocycles. The Balaban J connectivity index is 2.45. The van der Waals surface area contributed by atoms with Crippen LogP contribution in [0.25, 0.3) is 0 Å². The second kappa shape index (κ2) is 6.39. The van der Waals surface area contributed by atoms with Crippen molar-refractivity contribution in [1.29, 1.82) is 0 Å². The summed E-state index contributed by atoms with van der Waals surface area (Å²) in [6.45, 7) is -0.849. The third-order valence-corrected chi connectivity index (χ3v) is 3.28. The molecule has 1 aromatic heterocycles. The molecule has 1 aliphatic rings. The third kappa shape index (κ3) is 3.87. The Bertz CT molecular complexity index is 788. The first-order valence-corrected chi connectivity index (χ1v) is 7.34. The second-order valence-corrected chi connectivity index (χ2v) is 5.58. The van der Waals surface area contributed by atoms with Crippen molar-refractivity contribution in [2.75, 3.05) is 6.61 Å². The van der Waals surface area contributed by atoms with E-state index < -0.39 is 74.9 Å². The number of nitrogens with zero attached hydrogens (tertiary/aromatic N) is 1. The molecule has 0 saturated carbocycles. The number of hydrogen-bond donors (Lipinski definition) is 4. The van der Waals surface area contributed by atoms with E-state index in [-0.39, 0.29) is 0 Å². The molecule has 0 unspecified atom stereocenters. The number of phosphoric acid groups is 1. The van der Waals surface area contributed by atoms with Crippen LogP contribution in [0.15, 0.2) is 24.4 Å². The van der Waals surface area contributed by atoms with E-state index >= 15 is 0 Å². The zero-order valence-electron chi connectivity index (χ0n) is 14.7. The topological polar surface area (TPSA) is 160 Å². The summed E-state index contributed by atoms with van der Waals surface area (Å²) < 4.78 is 51.3. The molecule has 11 heteroatoms. The fraction of sp³-hybridized carbons (Fsp3) is 0.455. The molecule has 0 radical (unpaired) electrons. The van der Waals surface area contributed by atoms with E-state index in [0.717, 1.165) is 0 Å². The number of rotatable bonds is 5. The normalized spacial score (nSPS) is 31.3. The number of ether oxygens (including phenoxy) is 1. The Morgan fingerprint density at radius 2 is 2.18 bits per heavy atom. The van der Waals surface area contributed by atoms with E-state index in [1.807, 2.05) is 0 Å². The van der Waals surface area contributed by atoms with Gasteiger partial charge in [0.15, 0.2) is 18.4 Å². The Kier molecular flexibility index (Phi) is 3.51. The van der Waals surface area contributed by atoms with E-state index in [4.69, 9.17) is 20.0 Å². The van der Waals surface area contributed by atoms with E-state index in [9.17, 15) is 24.7 Å². The van der Waals surface area contributed by atoms with Gasteiger partial charge in [0.25, 0.3) is 6.23 Å². The summed E-state index contributed by atoms with van der Waals surface area (Å²) >= 11 is 0. The fourth-order valence-electron chi connectivity index (χ4n) is 1.80. The van der Waals surface area contributed by atoms with Gasteiger partial charge in [-0.2, -0.15) is 4.57 Å². The second-order valence-electron chi connectivity index (χ2n) is 4.34. The van der Waals surface area contributed by atoms with Crippen LogP contribution >= 0.6 is 7.82 Å². The van der Waals surface area contributed by atoms with Gasteiger partial charge in [-0.15, -0.1) is 0 Å².